The molecule has 0 aliphatic carbocycles. The minimum atomic E-state index is -0.442. The van der Waals surface area contributed by atoms with Gasteiger partial charge in [-0.05, 0) is 87.2 Å². The fourth-order valence-corrected chi connectivity index (χ4v) is 8.37. The number of benzene rings is 2. The summed E-state index contributed by atoms with van der Waals surface area (Å²) in [6.07, 6.45) is 8.07. The number of carbonyl (C=O) groups is 2. The van der Waals surface area contributed by atoms with Gasteiger partial charge in [0.2, 0.25) is 11.8 Å². The number of likely N-dealkylation sites (tertiary alicyclic amines) is 1. The summed E-state index contributed by atoms with van der Waals surface area (Å²) in [5, 5.41) is 5.33. The lowest BCUT2D eigenvalue weighted by atomic mass is 9.85. The standard InChI is InChI=1S/C37H40N8O3S/c1-24(2)48-29-8-5-25(6-9-29)33-30-18-28(7-4-27(30)19-38-33)45-17-13-37(36(45)47)12-16-43(22-37)21-32(46)44-14-10-26(11-15-44)35-39-20-31(49-35)34-40-23-42(3)41-34/h4-10,18,20,23-24H,11-17,19,21-22H2,1-3H3/t37-/m0/s1. The molecule has 2 amide bonds. The van der Waals surface area contributed by atoms with Crippen molar-refractivity contribution in [1.29, 1.82) is 0 Å². The molecular formula is C37H40N8O3S. The fourth-order valence-electron chi connectivity index (χ4n) is 7.45. The molecule has 12 heteroatoms. The summed E-state index contributed by atoms with van der Waals surface area (Å²) in [6, 6.07) is 14.4. The first-order chi connectivity index (χ1) is 23.7. The number of amides is 2. The Balaban J connectivity index is 0.883. The van der Waals surface area contributed by atoms with Gasteiger partial charge in [0, 0.05) is 56.2 Å². The molecule has 4 aromatic rings. The molecule has 0 saturated carbocycles. The molecule has 1 atom stereocenters. The Hall–Kier alpha value is -4.68. The highest BCUT2D eigenvalue weighted by atomic mass is 32.1. The molecule has 0 bridgehead atoms. The van der Waals surface area contributed by atoms with Gasteiger partial charge >= 0.3 is 0 Å². The highest BCUT2D eigenvalue weighted by Gasteiger charge is 2.51. The smallest absolute Gasteiger partial charge is 0.237 e. The van der Waals surface area contributed by atoms with E-state index in [-0.39, 0.29) is 17.9 Å². The topological polar surface area (TPSA) is 109 Å². The van der Waals surface area contributed by atoms with E-state index in [9.17, 15) is 9.59 Å². The first-order valence-electron chi connectivity index (χ1n) is 17.0. The molecule has 4 aliphatic heterocycles. The number of fused-ring (bicyclic) bond motifs is 1. The second-order valence-corrected chi connectivity index (χ2v) is 14.8. The number of aryl methyl sites for hydroxylation is 1. The lowest BCUT2D eigenvalue weighted by Crippen LogP contribution is -2.43. The molecule has 1 spiro atoms. The maximum absolute atomic E-state index is 14.0. The molecule has 4 aliphatic rings. The van der Waals surface area contributed by atoms with Crippen LogP contribution in [0.2, 0.25) is 0 Å². The summed E-state index contributed by atoms with van der Waals surface area (Å²) in [5.74, 6) is 1.80. The number of nitrogens with zero attached hydrogens (tertiary/aromatic N) is 8. The van der Waals surface area contributed by atoms with Crippen molar-refractivity contribution in [3.63, 3.8) is 0 Å². The zero-order valence-electron chi connectivity index (χ0n) is 28.1. The number of anilines is 1. The Morgan fingerprint density at radius 1 is 1.06 bits per heavy atom. The molecule has 6 heterocycles. The Kier molecular flexibility index (Phi) is 8.15. The van der Waals surface area contributed by atoms with E-state index in [2.05, 4.69) is 56.4 Å². The van der Waals surface area contributed by atoms with Gasteiger partial charge in [0.1, 0.15) is 17.1 Å². The second-order valence-electron chi connectivity index (χ2n) is 13.7. The van der Waals surface area contributed by atoms with Crippen LogP contribution in [0.4, 0.5) is 5.69 Å². The van der Waals surface area contributed by atoms with Gasteiger partial charge in [0.05, 0.1) is 35.2 Å². The first kappa shape index (κ1) is 31.6. The number of aromatic nitrogens is 4. The number of hydrogen-bond donors (Lipinski definition) is 0. The van der Waals surface area contributed by atoms with E-state index in [1.807, 2.05) is 49.0 Å². The summed E-state index contributed by atoms with van der Waals surface area (Å²) in [5.41, 5.74) is 5.90. The average molecular weight is 677 g/mol. The zero-order valence-corrected chi connectivity index (χ0v) is 28.9. The summed E-state index contributed by atoms with van der Waals surface area (Å²) >= 11 is 1.58. The first-order valence-corrected chi connectivity index (χ1v) is 17.8. The molecular weight excluding hydrogens is 637 g/mol. The predicted octanol–water partition coefficient (Wildman–Crippen LogP) is 4.82. The van der Waals surface area contributed by atoms with Crippen LogP contribution in [-0.4, -0.2) is 92.4 Å². The van der Waals surface area contributed by atoms with Crippen molar-refractivity contribution >= 4 is 40.1 Å². The lowest BCUT2D eigenvalue weighted by molar-refractivity contribution is -0.132. The van der Waals surface area contributed by atoms with Gasteiger partial charge in [0.25, 0.3) is 0 Å². The molecule has 8 rings (SSSR count). The number of thiazole rings is 1. The number of ether oxygens (including phenoxy) is 1. The number of carbonyl (C=O) groups excluding carboxylic acids is 2. The molecule has 0 unspecified atom stereocenters. The largest absolute Gasteiger partial charge is 0.491 e. The van der Waals surface area contributed by atoms with Gasteiger partial charge in [-0.25, -0.2) is 9.97 Å². The van der Waals surface area contributed by atoms with Crippen LogP contribution in [0.3, 0.4) is 0 Å². The Labute approximate surface area is 289 Å². The summed E-state index contributed by atoms with van der Waals surface area (Å²) < 4.78 is 7.50. The maximum Gasteiger partial charge on any atom is 0.237 e. The van der Waals surface area contributed by atoms with Gasteiger partial charge in [-0.1, -0.05) is 12.1 Å². The number of hydrogen-bond acceptors (Lipinski definition) is 9. The molecule has 49 heavy (non-hydrogen) atoms. The van der Waals surface area contributed by atoms with Crippen LogP contribution in [0.1, 0.15) is 54.8 Å². The van der Waals surface area contributed by atoms with Gasteiger partial charge in [-0.15, -0.1) is 11.3 Å². The van der Waals surface area contributed by atoms with E-state index in [1.165, 1.54) is 5.56 Å². The monoisotopic (exact) mass is 676 g/mol. The number of aliphatic imine (C=N–C) groups is 1. The molecule has 0 radical (unpaired) electrons. The van der Waals surface area contributed by atoms with Crippen molar-refractivity contribution in [2.24, 2.45) is 17.5 Å². The normalized spacial score (nSPS) is 20.8. The molecule has 2 aromatic carbocycles. The fraction of sp³-hybridized carbons (Fsp3) is 0.405. The highest BCUT2D eigenvalue weighted by molar-refractivity contribution is 7.16. The molecule has 0 N–H and O–H groups in total. The minimum absolute atomic E-state index is 0.112. The maximum atomic E-state index is 14.0. The van der Waals surface area contributed by atoms with Crippen molar-refractivity contribution in [2.75, 3.05) is 44.2 Å². The van der Waals surface area contributed by atoms with Crippen LogP contribution >= 0.6 is 11.3 Å². The molecule has 2 fully saturated rings. The summed E-state index contributed by atoms with van der Waals surface area (Å²) in [6.45, 7) is 8.29. The molecule has 252 valence electrons. The third kappa shape index (κ3) is 6.08. The molecule has 2 saturated heterocycles. The van der Waals surface area contributed by atoms with Crippen LogP contribution in [0.5, 0.6) is 5.75 Å². The summed E-state index contributed by atoms with van der Waals surface area (Å²) in [7, 11) is 1.85. The lowest BCUT2D eigenvalue weighted by Gasteiger charge is -2.28. The Bertz CT molecular complexity index is 1980. The average Bonchev–Trinajstić information content (AvgIpc) is 3.94. The Morgan fingerprint density at radius 2 is 1.90 bits per heavy atom. The molecule has 11 nitrogen and oxygen atoms in total. The van der Waals surface area contributed by atoms with E-state index in [4.69, 9.17) is 9.73 Å². The van der Waals surface area contributed by atoms with Crippen LogP contribution in [0.25, 0.3) is 16.3 Å². The highest BCUT2D eigenvalue weighted by Crippen LogP contribution is 2.43. The van der Waals surface area contributed by atoms with E-state index in [0.29, 0.717) is 45.1 Å². The van der Waals surface area contributed by atoms with Gasteiger partial charge in [-0.2, -0.15) is 5.10 Å². The van der Waals surface area contributed by atoms with E-state index in [1.54, 1.807) is 22.3 Å². The van der Waals surface area contributed by atoms with Crippen molar-refractivity contribution in [3.8, 4) is 16.5 Å². The van der Waals surface area contributed by atoms with E-state index in [0.717, 1.165) is 69.5 Å². The van der Waals surface area contributed by atoms with Crippen molar-refractivity contribution in [3.05, 3.63) is 82.8 Å². The quantitative estimate of drug-likeness (QED) is 0.263. The van der Waals surface area contributed by atoms with Crippen LogP contribution in [0.15, 0.2) is 66.1 Å². The van der Waals surface area contributed by atoms with Crippen LogP contribution in [-0.2, 0) is 23.2 Å². The van der Waals surface area contributed by atoms with Crippen LogP contribution in [0, 0.1) is 5.41 Å². The van der Waals surface area contributed by atoms with Crippen molar-refractivity contribution in [1.82, 2.24) is 29.5 Å². The van der Waals surface area contributed by atoms with E-state index >= 15 is 0 Å². The van der Waals surface area contributed by atoms with E-state index < -0.39 is 5.41 Å². The van der Waals surface area contributed by atoms with Gasteiger partial charge in [-0.3, -0.25) is 24.2 Å². The zero-order chi connectivity index (χ0) is 33.7. The molecule has 2 aromatic heterocycles. The Morgan fingerprint density at radius 3 is 2.65 bits per heavy atom. The third-order valence-electron chi connectivity index (χ3n) is 10.0. The van der Waals surface area contributed by atoms with Gasteiger partial charge in [0.15, 0.2) is 5.82 Å². The van der Waals surface area contributed by atoms with Gasteiger partial charge < -0.3 is 14.5 Å². The third-order valence-corrected chi connectivity index (χ3v) is 11.1. The SMILES string of the molecule is CC(C)Oc1ccc(C2=NCc3ccc(N4CC[C@]5(CCN(CC(=O)N6CC=C(c7ncc(-c8ncn(C)n8)s7)CC6)C5)C4=O)cc32)cc1. The van der Waals surface area contributed by atoms with Crippen LogP contribution < -0.4 is 9.64 Å². The second kappa shape index (κ2) is 12.6. The van der Waals surface area contributed by atoms with Crippen molar-refractivity contribution < 1.29 is 14.3 Å². The van der Waals surface area contributed by atoms with Crippen molar-refractivity contribution in [2.45, 2.75) is 45.8 Å². The predicted molar refractivity (Wildman–Crippen MR) is 190 cm³/mol. The number of rotatable bonds is 8. The minimum Gasteiger partial charge on any atom is -0.491 e. The summed E-state index contributed by atoms with van der Waals surface area (Å²) in [4.78, 5) is 48.2.